The second-order valence-corrected chi connectivity index (χ2v) is 5.44. The number of hydrogen-bond donors (Lipinski definition) is 2. The molecule has 2 N–H and O–H groups in total. The van der Waals surface area contributed by atoms with Crippen LogP contribution in [0.1, 0.15) is 27.2 Å². The minimum atomic E-state index is 0.219. The molecule has 102 valence electrons. The lowest BCUT2D eigenvalue weighted by Crippen LogP contribution is -2.37. The summed E-state index contributed by atoms with van der Waals surface area (Å²) in [6.45, 7) is 10.3. The van der Waals surface area contributed by atoms with Gasteiger partial charge in [-0.2, -0.15) is 0 Å². The highest BCUT2D eigenvalue weighted by atomic mass is 16.5. The number of ether oxygens (including phenoxy) is 1. The molecule has 0 aromatic heterocycles. The summed E-state index contributed by atoms with van der Waals surface area (Å²) in [5.74, 6) is 0.939. The van der Waals surface area contributed by atoms with Gasteiger partial charge in [0.2, 0.25) is 0 Å². The van der Waals surface area contributed by atoms with Crippen LogP contribution in [0.4, 0.5) is 0 Å². The van der Waals surface area contributed by atoms with E-state index in [1.54, 1.807) is 0 Å². The predicted octanol–water partition coefficient (Wildman–Crippen LogP) is 2.43. The lowest BCUT2D eigenvalue weighted by Gasteiger charge is -2.20. The van der Waals surface area contributed by atoms with Crippen LogP contribution in [-0.4, -0.2) is 31.8 Å². The molecule has 1 aromatic carbocycles. The average molecular weight is 250 g/mol. The molecule has 18 heavy (non-hydrogen) atoms. The van der Waals surface area contributed by atoms with Gasteiger partial charge in [-0.3, -0.25) is 0 Å². The Bertz CT molecular complexity index is 306. The van der Waals surface area contributed by atoms with Gasteiger partial charge in [0.25, 0.3) is 0 Å². The van der Waals surface area contributed by atoms with Crippen molar-refractivity contribution in [2.24, 2.45) is 0 Å². The minimum absolute atomic E-state index is 0.219. The predicted molar refractivity (Wildman–Crippen MR) is 77.2 cm³/mol. The summed E-state index contributed by atoms with van der Waals surface area (Å²) in [6, 6.07) is 9.93. The third-order valence-corrected chi connectivity index (χ3v) is 2.48. The molecule has 1 aromatic rings. The SMILES string of the molecule is CC(C)(C)NCCCNCCOc1ccccc1. The molecule has 3 nitrogen and oxygen atoms in total. The van der Waals surface area contributed by atoms with Crippen LogP contribution in [0.25, 0.3) is 0 Å². The van der Waals surface area contributed by atoms with Gasteiger partial charge >= 0.3 is 0 Å². The van der Waals surface area contributed by atoms with E-state index in [0.29, 0.717) is 0 Å². The second kappa shape index (κ2) is 8.11. The van der Waals surface area contributed by atoms with Gasteiger partial charge in [0.1, 0.15) is 12.4 Å². The van der Waals surface area contributed by atoms with E-state index in [1.165, 1.54) is 0 Å². The molecule has 3 heteroatoms. The summed E-state index contributed by atoms with van der Waals surface area (Å²) in [5.41, 5.74) is 0.219. The van der Waals surface area contributed by atoms with E-state index in [9.17, 15) is 0 Å². The molecule has 0 heterocycles. The number of hydrogen-bond acceptors (Lipinski definition) is 3. The van der Waals surface area contributed by atoms with Gasteiger partial charge in [0.05, 0.1) is 0 Å². The van der Waals surface area contributed by atoms with Gasteiger partial charge in [0.15, 0.2) is 0 Å². The van der Waals surface area contributed by atoms with Crippen molar-refractivity contribution in [3.8, 4) is 5.75 Å². The monoisotopic (exact) mass is 250 g/mol. The maximum absolute atomic E-state index is 5.59. The molecule has 1 rings (SSSR count). The van der Waals surface area contributed by atoms with Crippen molar-refractivity contribution in [2.75, 3.05) is 26.2 Å². The van der Waals surface area contributed by atoms with E-state index in [1.807, 2.05) is 30.3 Å². The summed E-state index contributed by atoms with van der Waals surface area (Å²) in [7, 11) is 0. The molecule has 0 spiro atoms. The molecule has 0 atom stereocenters. The zero-order valence-corrected chi connectivity index (χ0v) is 11.8. The van der Waals surface area contributed by atoms with Gasteiger partial charge < -0.3 is 15.4 Å². The van der Waals surface area contributed by atoms with Crippen molar-refractivity contribution in [3.05, 3.63) is 30.3 Å². The molecular formula is C15H26N2O. The van der Waals surface area contributed by atoms with Crippen LogP contribution in [0.15, 0.2) is 30.3 Å². The van der Waals surface area contributed by atoms with Crippen LogP contribution in [0.5, 0.6) is 5.75 Å². The smallest absolute Gasteiger partial charge is 0.119 e. The summed E-state index contributed by atoms with van der Waals surface area (Å²) in [4.78, 5) is 0. The van der Waals surface area contributed by atoms with Crippen LogP contribution >= 0.6 is 0 Å². The average Bonchev–Trinajstić information content (AvgIpc) is 2.32. The summed E-state index contributed by atoms with van der Waals surface area (Å²) < 4.78 is 5.59. The Kier molecular flexibility index (Phi) is 6.76. The van der Waals surface area contributed by atoms with Crippen molar-refractivity contribution in [1.82, 2.24) is 10.6 Å². The summed E-state index contributed by atoms with van der Waals surface area (Å²) in [6.07, 6.45) is 1.14. The maximum atomic E-state index is 5.59. The molecule has 0 fully saturated rings. The molecule has 0 unspecified atom stereocenters. The topological polar surface area (TPSA) is 33.3 Å². The lowest BCUT2D eigenvalue weighted by atomic mass is 10.1. The third kappa shape index (κ3) is 8.09. The van der Waals surface area contributed by atoms with Gasteiger partial charge in [-0.1, -0.05) is 18.2 Å². The number of para-hydroxylation sites is 1. The fourth-order valence-corrected chi connectivity index (χ4v) is 1.56. The van der Waals surface area contributed by atoms with E-state index in [4.69, 9.17) is 4.74 Å². The molecule has 0 aliphatic carbocycles. The first-order chi connectivity index (χ1) is 8.58. The molecular weight excluding hydrogens is 224 g/mol. The Morgan fingerprint density at radius 1 is 1.00 bits per heavy atom. The number of benzene rings is 1. The van der Waals surface area contributed by atoms with Gasteiger partial charge in [-0.25, -0.2) is 0 Å². The number of rotatable bonds is 8. The first-order valence-electron chi connectivity index (χ1n) is 6.71. The van der Waals surface area contributed by atoms with Crippen LogP contribution in [0, 0.1) is 0 Å². The highest BCUT2D eigenvalue weighted by molar-refractivity contribution is 5.20. The molecule has 0 saturated carbocycles. The van der Waals surface area contributed by atoms with Crippen LogP contribution in [0.3, 0.4) is 0 Å². The largest absolute Gasteiger partial charge is 0.492 e. The fourth-order valence-electron chi connectivity index (χ4n) is 1.56. The Morgan fingerprint density at radius 2 is 1.72 bits per heavy atom. The summed E-state index contributed by atoms with van der Waals surface area (Å²) in [5, 5.41) is 6.84. The van der Waals surface area contributed by atoms with Crippen molar-refractivity contribution < 1.29 is 4.74 Å². The Morgan fingerprint density at radius 3 is 2.39 bits per heavy atom. The van der Waals surface area contributed by atoms with Crippen molar-refractivity contribution in [1.29, 1.82) is 0 Å². The van der Waals surface area contributed by atoms with Crippen LogP contribution in [-0.2, 0) is 0 Å². The highest BCUT2D eigenvalue weighted by Gasteiger charge is 2.06. The van der Waals surface area contributed by atoms with Gasteiger partial charge in [0, 0.05) is 12.1 Å². The zero-order chi connectivity index (χ0) is 13.3. The van der Waals surface area contributed by atoms with Crippen molar-refractivity contribution in [3.63, 3.8) is 0 Å². The van der Waals surface area contributed by atoms with Crippen molar-refractivity contribution in [2.45, 2.75) is 32.7 Å². The zero-order valence-electron chi connectivity index (χ0n) is 11.8. The van der Waals surface area contributed by atoms with E-state index >= 15 is 0 Å². The van der Waals surface area contributed by atoms with E-state index in [-0.39, 0.29) is 5.54 Å². The standard InChI is InChI=1S/C15H26N2O/c1-15(2,3)17-11-7-10-16-12-13-18-14-8-5-4-6-9-14/h4-6,8-9,16-17H,7,10-13H2,1-3H3. The normalized spacial score (nSPS) is 11.5. The fraction of sp³-hybridized carbons (Fsp3) is 0.600. The molecule has 0 bridgehead atoms. The van der Waals surface area contributed by atoms with Gasteiger partial charge in [-0.15, -0.1) is 0 Å². The second-order valence-electron chi connectivity index (χ2n) is 5.44. The number of nitrogens with one attached hydrogen (secondary N) is 2. The molecule has 0 radical (unpaired) electrons. The van der Waals surface area contributed by atoms with Crippen LogP contribution in [0.2, 0.25) is 0 Å². The van der Waals surface area contributed by atoms with E-state index < -0.39 is 0 Å². The first kappa shape index (κ1) is 15.0. The molecule has 0 saturated heterocycles. The van der Waals surface area contributed by atoms with E-state index in [0.717, 1.165) is 38.4 Å². The minimum Gasteiger partial charge on any atom is -0.492 e. The first-order valence-corrected chi connectivity index (χ1v) is 6.71. The third-order valence-electron chi connectivity index (χ3n) is 2.48. The van der Waals surface area contributed by atoms with Gasteiger partial charge in [-0.05, 0) is 52.4 Å². The van der Waals surface area contributed by atoms with Crippen LogP contribution < -0.4 is 15.4 Å². The maximum Gasteiger partial charge on any atom is 0.119 e. The Balaban J connectivity index is 1.90. The quantitative estimate of drug-likeness (QED) is 0.695. The molecule has 0 aliphatic heterocycles. The molecule has 0 amide bonds. The Hall–Kier alpha value is -1.06. The summed E-state index contributed by atoms with van der Waals surface area (Å²) >= 11 is 0. The van der Waals surface area contributed by atoms with Crippen molar-refractivity contribution >= 4 is 0 Å². The van der Waals surface area contributed by atoms with E-state index in [2.05, 4.69) is 31.4 Å². The Labute approximate surface area is 111 Å². The lowest BCUT2D eigenvalue weighted by molar-refractivity contribution is 0.313. The highest BCUT2D eigenvalue weighted by Crippen LogP contribution is 2.07. The molecule has 0 aliphatic rings.